The van der Waals surface area contributed by atoms with Gasteiger partial charge in [-0.15, -0.1) is 37.2 Å². The quantitative estimate of drug-likeness (QED) is 0.592. The molecule has 1 rings (SSSR count). The SMILES string of the molecule is Cl.Cl.Cl.[GeH3][CH]1CCCCC1. The zero-order valence-electron chi connectivity index (χ0n) is 6.34. The van der Waals surface area contributed by atoms with Crippen LogP contribution in [-0.4, -0.2) is 16.5 Å². The van der Waals surface area contributed by atoms with Crippen molar-refractivity contribution in [2.45, 2.75) is 36.9 Å². The van der Waals surface area contributed by atoms with Crippen molar-refractivity contribution in [2.75, 3.05) is 0 Å². The molecule has 0 nitrogen and oxygen atoms in total. The predicted octanol–water partition coefficient (Wildman–Crippen LogP) is 2.37. The van der Waals surface area contributed by atoms with Gasteiger partial charge in [-0.3, -0.25) is 0 Å². The Labute approximate surface area is 90.4 Å². The molecule has 0 aliphatic heterocycles. The molecule has 1 aliphatic carbocycles. The summed E-state index contributed by atoms with van der Waals surface area (Å²) in [6.07, 6.45) is 7.73. The van der Waals surface area contributed by atoms with E-state index in [4.69, 9.17) is 0 Å². The average Bonchev–Trinajstić information content (AvgIpc) is 1.69. The molecule has 0 heterocycles. The minimum absolute atomic E-state index is 0. The van der Waals surface area contributed by atoms with Crippen molar-refractivity contribution >= 4 is 53.7 Å². The molecule has 0 amide bonds. The molecule has 10 heavy (non-hydrogen) atoms. The Morgan fingerprint density at radius 1 is 0.800 bits per heavy atom. The summed E-state index contributed by atoms with van der Waals surface area (Å²) in [4.78, 5) is 0. The van der Waals surface area contributed by atoms with Crippen molar-refractivity contribution in [1.82, 2.24) is 0 Å². The van der Waals surface area contributed by atoms with Crippen molar-refractivity contribution in [1.29, 1.82) is 0 Å². The maximum absolute atomic E-state index is 1.57. The standard InChI is InChI=1S/C6H14Ge.3ClH/c7-6-4-2-1-3-5-6;;;/h6H,1-5H2,7H3;3*1H. The molecule has 0 radical (unpaired) electrons. The fourth-order valence-corrected chi connectivity index (χ4v) is 3.02. The molecule has 1 aliphatic rings. The van der Waals surface area contributed by atoms with Crippen molar-refractivity contribution in [3.05, 3.63) is 0 Å². The summed E-state index contributed by atoms with van der Waals surface area (Å²) in [5.74, 6) is 0. The van der Waals surface area contributed by atoms with E-state index in [1.54, 1.807) is 12.8 Å². The van der Waals surface area contributed by atoms with Gasteiger partial charge in [0.2, 0.25) is 0 Å². The Bertz CT molecular complexity index is 55.0. The van der Waals surface area contributed by atoms with Crippen LogP contribution in [0.15, 0.2) is 0 Å². The Morgan fingerprint density at radius 3 is 1.40 bits per heavy atom. The molecule has 0 atom stereocenters. The summed E-state index contributed by atoms with van der Waals surface area (Å²) >= 11 is 1.13. The van der Waals surface area contributed by atoms with Gasteiger partial charge in [-0.25, -0.2) is 0 Å². The first-order valence-electron chi connectivity index (χ1n) is 3.39. The third-order valence-corrected chi connectivity index (χ3v) is 4.32. The van der Waals surface area contributed by atoms with E-state index < -0.39 is 0 Å². The molecule has 4 heteroatoms. The van der Waals surface area contributed by atoms with Gasteiger partial charge in [0, 0.05) is 0 Å². The monoisotopic (exact) mass is 268 g/mol. The maximum atomic E-state index is 1.57. The minimum atomic E-state index is 0. The van der Waals surface area contributed by atoms with Gasteiger partial charge in [0.1, 0.15) is 0 Å². The zero-order valence-corrected chi connectivity index (χ0v) is 13.0. The second kappa shape index (κ2) is 10.4. The van der Waals surface area contributed by atoms with E-state index in [0.717, 1.165) is 16.5 Å². The summed E-state index contributed by atoms with van der Waals surface area (Å²) in [7, 11) is 0. The fourth-order valence-electron chi connectivity index (χ4n) is 1.31. The van der Waals surface area contributed by atoms with Crippen LogP contribution in [0, 0.1) is 0 Å². The van der Waals surface area contributed by atoms with Crippen LogP contribution >= 0.6 is 37.2 Å². The third kappa shape index (κ3) is 7.52. The molecular formula is C6H17Cl3Ge. The number of rotatable bonds is 0. The summed E-state index contributed by atoms with van der Waals surface area (Å²) in [6, 6.07) is 0. The normalized spacial score (nSPS) is 18.0. The van der Waals surface area contributed by atoms with Gasteiger partial charge in [0.25, 0.3) is 0 Å². The van der Waals surface area contributed by atoms with E-state index in [1.807, 2.05) is 0 Å². The first-order chi connectivity index (χ1) is 3.39. The van der Waals surface area contributed by atoms with Crippen molar-refractivity contribution in [3.8, 4) is 0 Å². The summed E-state index contributed by atoms with van der Waals surface area (Å²) in [5, 5.41) is 0. The molecule has 66 valence electrons. The molecule has 0 bridgehead atoms. The molecule has 0 spiro atoms. The Kier molecular flexibility index (Phi) is 18.2. The van der Waals surface area contributed by atoms with Crippen LogP contribution in [0.25, 0.3) is 0 Å². The summed E-state index contributed by atoms with van der Waals surface area (Å²) < 4.78 is 1.22. The Balaban J connectivity index is -0.000000163. The molecule has 1 saturated carbocycles. The van der Waals surface area contributed by atoms with Crippen LogP contribution in [0.5, 0.6) is 0 Å². The zero-order chi connectivity index (χ0) is 5.11. The molecule has 0 aromatic heterocycles. The van der Waals surface area contributed by atoms with Gasteiger partial charge in [0.05, 0.1) is 0 Å². The van der Waals surface area contributed by atoms with Crippen LogP contribution in [0.3, 0.4) is 0 Å². The number of hydrogen-bond acceptors (Lipinski definition) is 0. The van der Waals surface area contributed by atoms with Crippen LogP contribution < -0.4 is 0 Å². The topological polar surface area (TPSA) is 0 Å². The molecule has 0 aromatic rings. The molecule has 0 N–H and O–H groups in total. The number of hydrogen-bond donors (Lipinski definition) is 0. The second-order valence-electron chi connectivity index (χ2n) is 2.74. The summed E-state index contributed by atoms with van der Waals surface area (Å²) in [6.45, 7) is 0. The van der Waals surface area contributed by atoms with Gasteiger partial charge in [0.15, 0.2) is 0 Å². The summed E-state index contributed by atoms with van der Waals surface area (Å²) in [5.41, 5.74) is 0. The number of halogens is 3. The molecule has 1 fully saturated rings. The van der Waals surface area contributed by atoms with Gasteiger partial charge in [-0.05, 0) is 0 Å². The molecular weight excluding hydrogens is 251 g/mol. The van der Waals surface area contributed by atoms with Gasteiger partial charge in [-0.2, -0.15) is 0 Å². The first-order valence-corrected chi connectivity index (χ1v) is 5.82. The molecule has 0 aromatic carbocycles. The fraction of sp³-hybridized carbons (Fsp3) is 1.00. The van der Waals surface area contributed by atoms with Crippen LogP contribution in [0.1, 0.15) is 32.1 Å². The van der Waals surface area contributed by atoms with Crippen molar-refractivity contribution < 1.29 is 0 Å². The van der Waals surface area contributed by atoms with Crippen LogP contribution in [0.2, 0.25) is 4.75 Å². The second-order valence-corrected chi connectivity index (χ2v) is 6.17. The first kappa shape index (κ1) is 17.5. The van der Waals surface area contributed by atoms with Crippen molar-refractivity contribution in [2.24, 2.45) is 0 Å². The Hall–Kier alpha value is 1.41. The molecule has 0 saturated heterocycles. The third-order valence-electron chi connectivity index (χ3n) is 1.89. The van der Waals surface area contributed by atoms with E-state index in [1.165, 1.54) is 24.0 Å². The van der Waals surface area contributed by atoms with E-state index in [0.29, 0.717) is 0 Å². The van der Waals surface area contributed by atoms with E-state index in [-0.39, 0.29) is 37.2 Å². The van der Waals surface area contributed by atoms with Gasteiger partial charge < -0.3 is 0 Å². The Morgan fingerprint density at radius 2 is 1.20 bits per heavy atom. The average molecular weight is 268 g/mol. The van der Waals surface area contributed by atoms with E-state index >= 15 is 0 Å². The van der Waals surface area contributed by atoms with Gasteiger partial charge in [-0.1, -0.05) is 0 Å². The van der Waals surface area contributed by atoms with Crippen LogP contribution in [-0.2, 0) is 0 Å². The predicted molar refractivity (Wildman–Crippen MR) is 58.5 cm³/mol. The molecule has 0 unspecified atom stereocenters. The van der Waals surface area contributed by atoms with Crippen molar-refractivity contribution in [3.63, 3.8) is 0 Å². The van der Waals surface area contributed by atoms with E-state index in [9.17, 15) is 0 Å². The van der Waals surface area contributed by atoms with E-state index in [2.05, 4.69) is 0 Å². The van der Waals surface area contributed by atoms with Crippen LogP contribution in [0.4, 0.5) is 0 Å². The van der Waals surface area contributed by atoms with Gasteiger partial charge >= 0.3 is 53.4 Å².